The van der Waals surface area contributed by atoms with Gasteiger partial charge in [-0.25, -0.2) is 0 Å². The molecule has 78 valence electrons. The lowest BCUT2D eigenvalue weighted by Gasteiger charge is -2.17. The molecule has 0 aliphatic heterocycles. The minimum Gasteiger partial charge on any atom is -0.320 e. The van der Waals surface area contributed by atoms with Crippen molar-refractivity contribution in [3.63, 3.8) is 0 Å². The fourth-order valence-corrected chi connectivity index (χ4v) is 1.33. The lowest BCUT2D eigenvalue weighted by molar-refractivity contribution is 0.0594. The average Bonchev–Trinajstić information content (AvgIpc) is 2.03. The highest BCUT2D eigenvalue weighted by Crippen LogP contribution is 2.54. The normalized spacial score (nSPS) is 12.9. The number of alkyl halides is 2. The Hall–Kier alpha value is -0.770. The second kappa shape index (κ2) is 3.77. The third-order valence-electron chi connectivity index (χ3n) is 1.69. The largest absolute Gasteiger partial charge is 0.394 e. The molecule has 6 heteroatoms. The summed E-state index contributed by atoms with van der Waals surface area (Å²) in [6, 6.07) is 7.49. The van der Waals surface area contributed by atoms with Crippen molar-refractivity contribution >= 4 is 7.60 Å². The minimum atomic E-state index is -5.37. The molecule has 0 unspecified atom stereocenters. The van der Waals surface area contributed by atoms with Crippen molar-refractivity contribution in [2.45, 2.75) is 12.1 Å². The quantitative estimate of drug-likeness (QED) is 0.769. The molecule has 0 atom stereocenters. The number of hydrogen-bond donors (Lipinski definition) is 2. The van der Waals surface area contributed by atoms with Gasteiger partial charge in [-0.15, -0.1) is 0 Å². The van der Waals surface area contributed by atoms with Gasteiger partial charge in [-0.2, -0.15) is 8.78 Å². The molecule has 0 aliphatic carbocycles. The molecule has 1 aromatic carbocycles. The number of hydrogen-bond acceptors (Lipinski definition) is 1. The SMILES string of the molecule is O=P(O)(O)C(F)(F)Cc1ccccc1. The molecule has 0 fully saturated rings. The maximum atomic E-state index is 12.9. The van der Waals surface area contributed by atoms with E-state index in [1.54, 1.807) is 6.07 Å². The summed E-state index contributed by atoms with van der Waals surface area (Å²) in [4.78, 5) is 16.7. The molecule has 0 radical (unpaired) electrons. The van der Waals surface area contributed by atoms with Gasteiger partial charge in [0.05, 0.1) is 0 Å². The van der Waals surface area contributed by atoms with Crippen LogP contribution < -0.4 is 0 Å². The van der Waals surface area contributed by atoms with Crippen molar-refractivity contribution in [3.05, 3.63) is 35.9 Å². The zero-order valence-electron chi connectivity index (χ0n) is 7.10. The van der Waals surface area contributed by atoms with Crippen LogP contribution >= 0.6 is 7.60 Å². The molecule has 0 aliphatic rings. The summed E-state index contributed by atoms with van der Waals surface area (Å²) in [5.74, 6) is 0. The van der Waals surface area contributed by atoms with E-state index in [2.05, 4.69) is 0 Å². The van der Waals surface area contributed by atoms with E-state index >= 15 is 0 Å². The summed E-state index contributed by atoms with van der Waals surface area (Å²) in [6.07, 6.45) is -0.946. The summed E-state index contributed by atoms with van der Waals surface area (Å²) >= 11 is 0. The Morgan fingerprint density at radius 2 is 1.71 bits per heavy atom. The Bertz CT molecular complexity index is 347. The van der Waals surface area contributed by atoms with Gasteiger partial charge < -0.3 is 9.79 Å². The van der Waals surface area contributed by atoms with E-state index in [-0.39, 0.29) is 5.56 Å². The van der Waals surface area contributed by atoms with Crippen LogP contribution in [0.5, 0.6) is 0 Å². The predicted octanol–water partition coefficient (Wildman–Crippen LogP) is 2.00. The van der Waals surface area contributed by atoms with Gasteiger partial charge in [0, 0.05) is 6.42 Å². The molecule has 3 nitrogen and oxygen atoms in total. The zero-order valence-corrected chi connectivity index (χ0v) is 7.99. The second-order valence-corrected chi connectivity index (χ2v) is 4.61. The Labute approximate surface area is 79.5 Å². The first-order valence-electron chi connectivity index (χ1n) is 3.80. The molecule has 0 bridgehead atoms. The highest BCUT2D eigenvalue weighted by molar-refractivity contribution is 7.53. The number of benzene rings is 1. The Morgan fingerprint density at radius 1 is 1.21 bits per heavy atom. The van der Waals surface area contributed by atoms with Gasteiger partial charge in [-0.3, -0.25) is 4.57 Å². The first-order valence-corrected chi connectivity index (χ1v) is 5.41. The first kappa shape index (κ1) is 11.3. The maximum absolute atomic E-state index is 12.9. The van der Waals surface area contributed by atoms with Crippen molar-refractivity contribution in [1.82, 2.24) is 0 Å². The third kappa shape index (κ3) is 2.61. The van der Waals surface area contributed by atoms with E-state index in [1.807, 2.05) is 0 Å². The van der Waals surface area contributed by atoms with Crippen LogP contribution in [0.25, 0.3) is 0 Å². The topological polar surface area (TPSA) is 57.5 Å². The van der Waals surface area contributed by atoms with Crippen LogP contribution in [0.4, 0.5) is 8.78 Å². The zero-order chi connectivity index (χ0) is 10.8. The van der Waals surface area contributed by atoms with E-state index in [1.165, 1.54) is 24.3 Å². The van der Waals surface area contributed by atoms with Gasteiger partial charge in [0.25, 0.3) is 0 Å². The standard InChI is InChI=1S/C8H9F2O3P/c9-8(10,14(11,12)13)6-7-4-2-1-3-5-7/h1-5H,6H2,(H2,11,12,13). The smallest absolute Gasteiger partial charge is 0.320 e. The molecule has 0 amide bonds. The minimum absolute atomic E-state index is 0.195. The fourth-order valence-electron chi connectivity index (χ4n) is 0.944. The van der Waals surface area contributed by atoms with Crippen LogP contribution in [0.1, 0.15) is 5.56 Å². The fraction of sp³-hybridized carbons (Fsp3) is 0.250. The van der Waals surface area contributed by atoms with Crippen molar-refractivity contribution in [1.29, 1.82) is 0 Å². The van der Waals surface area contributed by atoms with Crippen molar-refractivity contribution in [2.24, 2.45) is 0 Å². The van der Waals surface area contributed by atoms with Crippen LogP contribution in [0.3, 0.4) is 0 Å². The summed E-state index contributed by atoms with van der Waals surface area (Å²) in [5, 5.41) is 0. The molecule has 2 N–H and O–H groups in total. The van der Waals surface area contributed by atoms with Gasteiger partial charge in [-0.1, -0.05) is 30.3 Å². The van der Waals surface area contributed by atoms with Gasteiger partial charge in [0.2, 0.25) is 0 Å². The molecule has 0 spiro atoms. The van der Waals surface area contributed by atoms with E-state index in [9.17, 15) is 13.3 Å². The maximum Gasteiger partial charge on any atom is 0.394 e. The van der Waals surface area contributed by atoms with Crippen molar-refractivity contribution < 1.29 is 23.1 Å². The molecule has 0 saturated carbocycles. The van der Waals surface area contributed by atoms with E-state index in [0.29, 0.717) is 0 Å². The van der Waals surface area contributed by atoms with Gasteiger partial charge in [0.1, 0.15) is 0 Å². The number of halogens is 2. The predicted molar refractivity (Wildman–Crippen MR) is 47.1 cm³/mol. The highest BCUT2D eigenvalue weighted by Gasteiger charge is 2.48. The van der Waals surface area contributed by atoms with Crippen LogP contribution in [-0.2, 0) is 11.0 Å². The second-order valence-electron chi connectivity index (χ2n) is 2.87. The molecular formula is C8H9F2O3P. The molecule has 1 rings (SSSR count). The van der Waals surface area contributed by atoms with Crippen LogP contribution in [0.2, 0.25) is 0 Å². The van der Waals surface area contributed by atoms with Crippen molar-refractivity contribution in [2.75, 3.05) is 0 Å². The summed E-state index contributed by atoms with van der Waals surface area (Å²) in [5.41, 5.74) is -3.80. The monoisotopic (exact) mass is 222 g/mol. The van der Waals surface area contributed by atoms with E-state index in [0.717, 1.165) is 0 Å². The highest BCUT2D eigenvalue weighted by atomic mass is 31.2. The first-order chi connectivity index (χ1) is 6.33. The van der Waals surface area contributed by atoms with Crippen LogP contribution in [0.15, 0.2) is 30.3 Å². The lowest BCUT2D eigenvalue weighted by atomic mass is 10.2. The molecule has 1 aromatic rings. The molecule has 0 heterocycles. The Morgan fingerprint density at radius 3 is 2.14 bits per heavy atom. The third-order valence-corrected chi connectivity index (χ3v) is 2.70. The van der Waals surface area contributed by atoms with E-state index in [4.69, 9.17) is 9.79 Å². The lowest BCUT2D eigenvalue weighted by Crippen LogP contribution is -2.19. The Kier molecular flexibility index (Phi) is 3.04. The van der Waals surface area contributed by atoms with Gasteiger partial charge in [-0.05, 0) is 5.56 Å². The molecule has 0 saturated heterocycles. The van der Waals surface area contributed by atoms with Crippen LogP contribution in [0, 0.1) is 0 Å². The summed E-state index contributed by atoms with van der Waals surface area (Å²) in [6.45, 7) is 0. The molecular weight excluding hydrogens is 213 g/mol. The summed E-state index contributed by atoms with van der Waals surface area (Å²) in [7, 11) is -5.37. The van der Waals surface area contributed by atoms with Crippen molar-refractivity contribution in [3.8, 4) is 0 Å². The summed E-state index contributed by atoms with van der Waals surface area (Å²) < 4.78 is 36.1. The van der Waals surface area contributed by atoms with Crippen LogP contribution in [-0.4, -0.2) is 15.5 Å². The molecule has 0 aromatic heterocycles. The number of rotatable bonds is 3. The van der Waals surface area contributed by atoms with Gasteiger partial charge >= 0.3 is 13.3 Å². The Balaban J connectivity index is 2.85. The van der Waals surface area contributed by atoms with E-state index < -0.39 is 19.7 Å². The average molecular weight is 222 g/mol. The molecule has 14 heavy (non-hydrogen) atoms. The van der Waals surface area contributed by atoms with Gasteiger partial charge in [0.15, 0.2) is 0 Å².